The van der Waals surface area contributed by atoms with Crippen LogP contribution < -0.4 is 108 Å². The Morgan fingerprint density at radius 3 is 1.35 bits per heavy atom. The molecular formula is C12H30Cl2K2O7. The Balaban J connectivity index is -0.0000000237. The van der Waals surface area contributed by atoms with Crippen molar-refractivity contribution in [3.05, 3.63) is 0 Å². The van der Waals surface area contributed by atoms with Crippen LogP contribution in [-0.4, -0.2) is 47.3 Å². The summed E-state index contributed by atoms with van der Waals surface area (Å²) in [6, 6.07) is 0. The predicted octanol–water partition coefficient (Wildman–Crippen LogP) is -4.28. The van der Waals surface area contributed by atoms with E-state index in [1.807, 2.05) is 20.8 Å². The molecule has 11 heteroatoms. The Labute approximate surface area is 237 Å². The molecule has 0 aliphatic heterocycles. The van der Waals surface area contributed by atoms with Crippen LogP contribution in [0.4, 0.5) is 0 Å². The van der Waals surface area contributed by atoms with Crippen LogP contribution >= 0.6 is 23.2 Å². The van der Waals surface area contributed by atoms with Gasteiger partial charge in [0.1, 0.15) is 11.1 Å². The molecule has 1 unspecified atom stereocenters. The van der Waals surface area contributed by atoms with Crippen molar-refractivity contribution in [2.75, 3.05) is 7.11 Å². The molecule has 0 aromatic rings. The topological polar surface area (TPSA) is 108 Å². The van der Waals surface area contributed by atoms with E-state index < -0.39 is 6.29 Å². The Bertz CT molecular complexity index is 174. The number of ether oxygens (including phenoxy) is 2. The van der Waals surface area contributed by atoms with Gasteiger partial charge in [0.25, 0.3) is 6.47 Å². The van der Waals surface area contributed by atoms with E-state index in [0.717, 1.165) is 0 Å². The van der Waals surface area contributed by atoms with Crippen LogP contribution in [0.25, 0.3) is 0 Å². The molecule has 0 aliphatic rings. The number of halogens is 2. The summed E-state index contributed by atoms with van der Waals surface area (Å²) in [5.41, 5.74) is 0. The van der Waals surface area contributed by atoms with Gasteiger partial charge in [0.2, 0.25) is 0 Å². The summed E-state index contributed by atoms with van der Waals surface area (Å²) < 4.78 is 10.0. The smallest absolute Gasteiger partial charge is 1.00 e. The van der Waals surface area contributed by atoms with Crippen LogP contribution in [0, 0.1) is 0 Å². The van der Waals surface area contributed by atoms with Crippen LogP contribution in [0.5, 0.6) is 0 Å². The molecule has 2 N–H and O–H groups in total. The van der Waals surface area contributed by atoms with Gasteiger partial charge in [-0.1, -0.05) is 7.43 Å². The first-order valence-corrected chi connectivity index (χ1v) is 6.47. The SMILES string of the molecule is C.CC(Cl)Cl.CC(O)O.COC(C)OC(C)C.O=CO[O-].[H-].[K+].[K+]. The normalized spacial score (nSPS) is 9.13. The van der Waals surface area contributed by atoms with Gasteiger partial charge in [-0.3, -0.25) is 4.79 Å². The summed E-state index contributed by atoms with van der Waals surface area (Å²) in [6.45, 7) is 8.63. The van der Waals surface area contributed by atoms with Gasteiger partial charge in [0.05, 0.1) is 6.10 Å². The van der Waals surface area contributed by atoms with E-state index in [-0.39, 0.29) is 135 Å². The number of hydrogen-bond acceptors (Lipinski definition) is 7. The van der Waals surface area contributed by atoms with E-state index in [4.69, 9.17) is 52.9 Å². The van der Waals surface area contributed by atoms with E-state index in [0.29, 0.717) is 0 Å². The van der Waals surface area contributed by atoms with Gasteiger partial charge >= 0.3 is 103 Å². The minimum Gasteiger partial charge on any atom is -1.00 e. The molecule has 23 heavy (non-hydrogen) atoms. The molecule has 0 aromatic heterocycles. The number of alkyl halides is 2. The minimum absolute atomic E-state index is 0. The number of methoxy groups -OCH3 is 1. The molecule has 0 aliphatic carbocycles. The third-order valence-electron chi connectivity index (χ3n) is 0.835. The second-order valence-electron chi connectivity index (χ2n) is 3.33. The Kier molecular flexibility index (Phi) is 78.4. The fourth-order valence-corrected chi connectivity index (χ4v) is 0.439. The second-order valence-corrected chi connectivity index (χ2v) is 4.86. The van der Waals surface area contributed by atoms with Gasteiger partial charge in [0, 0.05) is 7.11 Å². The van der Waals surface area contributed by atoms with Crippen molar-refractivity contribution in [1.29, 1.82) is 0 Å². The zero-order chi connectivity index (χ0) is 17.1. The van der Waals surface area contributed by atoms with E-state index in [1.165, 1.54) is 6.92 Å². The van der Waals surface area contributed by atoms with E-state index in [2.05, 4.69) is 4.89 Å². The molecule has 1 atom stereocenters. The molecule has 0 saturated heterocycles. The van der Waals surface area contributed by atoms with Gasteiger partial charge in [0.15, 0.2) is 6.29 Å². The Morgan fingerprint density at radius 2 is 1.30 bits per heavy atom. The van der Waals surface area contributed by atoms with Gasteiger partial charge in [-0.25, -0.2) is 0 Å². The molecule has 136 valence electrons. The first-order chi connectivity index (χ1) is 9.04. The van der Waals surface area contributed by atoms with Crippen LogP contribution in [0.1, 0.15) is 43.5 Å². The molecule has 0 rings (SSSR count). The summed E-state index contributed by atoms with van der Waals surface area (Å²) >= 11 is 10.1. The van der Waals surface area contributed by atoms with E-state index >= 15 is 0 Å². The van der Waals surface area contributed by atoms with E-state index in [1.54, 1.807) is 14.0 Å². The number of aliphatic hydroxyl groups is 2. The fourth-order valence-electron chi connectivity index (χ4n) is 0.439. The van der Waals surface area contributed by atoms with Crippen LogP contribution in [0.3, 0.4) is 0 Å². The third kappa shape index (κ3) is 131. The van der Waals surface area contributed by atoms with Crippen molar-refractivity contribution < 1.29 is 139 Å². The van der Waals surface area contributed by atoms with Crippen molar-refractivity contribution >= 4 is 29.7 Å². The quantitative estimate of drug-likeness (QED) is 0.115. The fraction of sp³-hybridized carbons (Fsp3) is 0.917. The summed E-state index contributed by atoms with van der Waals surface area (Å²) in [6.07, 6.45) is -0.986. The van der Waals surface area contributed by atoms with Crippen molar-refractivity contribution in [2.24, 2.45) is 0 Å². The second kappa shape index (κ2) is 40.0. The van der Waals surface area contributed by atoms with Crippen molar-refractivity contribution in [3.63, 3.8) is 0 Å². The summed E-state index contributed by atoms with van der Waals surface area (Å²) in [7, 11) is 1.63. The van der Waals surface area contributed by atoms with Gasteiger partial charge in [-0.05, 0) is 34.6 Å². The molecule has 0 saturated carbocycles. The molecule has 0 bridgehead atoms. The minimum atomic E-state index is -1.17. The van der Waals surface area contributed by atoms with Gasteiger partial charge in [-0.2, -0.15) is 0 Å². The predicted molar refractivity (Wildman–Crippen MR) is 82.8 cm³/mol. The molecule has 0 fully saturated rings. The maximum absolute atomic E-state index is 8.64. The number of hydrogen-bond donors (Lipinski definition) is 2. The Morgan fingerprint density at radius 1 is 1.09 bits per heavy atom. The zero-order valence-corrected chi connectivity index (χ0v) is 22.3. The molecular weight excluding hydrogens is 405 g/mol. The number of carbonyl (C=O) groups is 1. The van der Waals surface area contributed by atoms with Crippen LogP contribution in [-0.2, 0) is 19.2 Å². The van der Waals surface area contributed by atoms with Crippen LogP contribution in [0.15, 0.2) is 0 Å². The van der Waals surface area contributed by atoms with Crippen molar-refractivity contribution in [2.45, 2.75) is 65.6 Å². The molecule has 7 nitrogen and oxygen atoms in total. The maximum Gasteiger partial charge on any atom is 1.00 e. The number of aliphatic hydroxyl groups excluding tert-OH is 1. The van der Waals surface area contributed by atoms with Gasteiger partial charge in [-0.15, -0.1) is 23.2 Å². The average Bonchev–Trinajstić information content (AvgIpc) is 2.27. The molecule has 0 radical (unpaired) electrons. The number of carbonyl (C=O) groups excluding carboxylic acids is 1. The first kappa shape index (κ1) is 45.1. The standard InChI is InChI=1S/C6H14O2.C2H4Cl2.C2H6O2.CH2O3.CH4.2K.H/c1-5(2)8-6(3)7-4;2*1-2(3)4;2-1-4-3;;;;/h5-6H,1-4H3;2H,1H3;2-4H,1H3;1,3H;1H4;;;/q;;;;;2*+1;-1/p-1. The van der Waals surface area contributed by atoms with Crippen LogP contribution in [0.2, 0.25) is 0 Å². The van der Waals surface area contributed by atoms with Crippen molar-refractivity contribution in [3.8, 4) is 0 Å². The summed E-state index contributed by atoms with van der Waals surface area (Å²) in [5.74, 6) is 0. The Hall–Kier alpha value is 3.12. The number of rotatable bonds is 4. The molecule has 0 heterocycles. The molecule has 0 aromatic carbocycles. The zero-order valence-electron chi connectivity index (χ0n) is 15.6. The van der Waals surface area contributed by atoms with Crippen molar-refractivity contribution in [1.82, 2.24) is 0 Å². The largest absolute Gasteiger partial charge is 1.00 e. The molecule has 0 spiro atoms. The molecule has 0 amide bonds. The maximum atomic E-state index is 8.64. The van der Waals surface area contributed by atoms with E-state index in [9.17, 15) is 0 Å². The first-order valence-electron chi connectivity index (χ1n) is 5.59. The monoisotopic (exact) mass is 434 g/mol. The summed E-state index contributed by atoms with van der Waals surface area (Å²) in [5, 5.41) is 23.7. The average molecular weight is 435 g/mol. The third-order valence-corrected chi connectivity index (χ3v) is 0.835. The van der Waals surface area contributed by atoms with Gasteiger partial charge < -0.3 is 31.3 Å². The summed E-state index contributed by atoms with van der Waals surface area (Å²) in [4.78, 5) is 11.0.